The molecule has 3 rings (SSSR count). The predicted molar refractivity (Wildman–Crippen MR) is 92.6 cm³/mol. The standard InChI is InChI=1S/C19H28N2O3/c1-19(2,3)24-17(22)11-20-15-13-21(16-9-10-23-18(15)16)12-14-7-5-4-6-8-14/h4-8,15-16,18,20H,9-13H2,1-3H3/t15-,16-,18+/m0/s1. The summed E-state index contributed by atoms with van der Waals surface area (Å²) in [5.74, 6) is -0.210. The van der Waals surface area contributed by atoms with Crippen molar-refractivity contribution in [2.24, 2.45) is 0 Å². The van der Waals surface area contributed by atoms with E-state index in [2.05, 4.69) is 34.5 Å². The van der Waals surface area contributed by atoms with Crippen molar-refractivity contribution in [3.05, 3.63) is 35.9 Å². The third-order valence-electron chi connectivity index (χ3n) is 4.56. The van der Waals surface area contributed by atoms with E-state index in [-0.39, 0.29) is 24.7 Å². The highest BCUT2D eigenvalue weighted by Crippen LogP contribution is 2.30. The molecule has 2 saturated heterocycles. The first-order valence-electron chi connectivity index (χ1n) is 8.77. The van der Waals surface area contributed by atoms with Crippen molar-refractivity contribution in [3.8, 4) is 0 Å². The second kappa shape index (κ2) is 7.21. The number of rotatable bonds is 5. The highest BCUT2D eigenvalue weighted by Gasteiger charge is 2.45. The molecule has 2 heterocycles. The first-order valence-corrected chi connectivity index (χ1v) is 8.77. The molecular weight excluding hydrogens is 304 g/mol. The number of hydrogen-bond acceptors (Lipinski definition) is 5. The minimum absolute atomic E-state index is 0.163. The molecule has 0 unspecified atom stereocenters. The van der Waals surface area contributed by atoms with Gasteiger partial charge in [-0.2, -0.15) is 0 Å². The lowest BCUT2D eigenvalue weighted by molar-refractivity contribution is -0.153. The topological polar surface area (TPSA) is 50.8 Å². The molecule has 0 aliphatic carbocycles. The number of ether oxygens (including phenoxy) is 2. The smallest absolute Gasteiger partial charge is 0.320 e. The van der Waals surface area contributed by atoms with Gasteiger partial charge in [-0.05, 0) is 32.8 Å². The molecule has 0 radical (unpaired) electrons. The van der Waals surface area contributed by atoms with Crippen molar-refractivity contribution in [2.45, 2.75) is 57.5 Å². The number of carbonyl (C=O) groups excluding carboxylic acids is 1. The van der Waals surface area contributed by atoms with E-state index in [0.29, 0.717) is 6.04 Å². The maximum absolute atomic E-state index is 11.9. The number of esters is 1. The van der Waals surface area contributed by atoms with Crippen molar-refractivity contribution in [1.29, 1.82) is 0 Å². The van der Waals surface area contributed by atoms with Crippen LogP contribution in [0.5, 0.6) is 0 Å². The summed E-state index contributed by atoms with van der Waals surface area (Å²) >= 11 is 0. The Bertz CT molecular complexity index is 555. The molecule has 2 aliphatic heterocycles. The number of hydrogen-bond donors (Lipinski definition) is 1. The molecule has 0 spiro atoms. The molecule has 24 heavy (non-hydrogen) atoms. The van der Waals surface area contributed by atoms with Gasteiger partial charge in [0.2, 0.25) is 0 Å². The second-order valence-corrected chi connectivity index (χ2v) is 7.68. The molecule has 1 aromatic rings. The summed E-state index contributed by atoms with van der Waals surface area (Å²) < 4.78 is 11.3. The van der Waals surface area contributed by atoms with Crippen molar-refractivity contribution in [1.82, 2.24) is 10.2 Å². The summed E-state index contributed by atoms with van der Waals surface area (Å²) in [6.07, 6.45) is 1.22. The fraction of sp³-hybridized carbons (Fsp3) is 0.632. The molecule has 0 aromatic heterocycles. The van der Waals surface area contributed by atoms with Gasteiger partial charge in [-0.15, -0.1) is 0 Å². The van der Waals surface area contributed by atoms with E-state index in [1.807, 2.05) is 26.8 Å². The van der Waals surface area contributed by atoms with Crippen LogP contribution in [-0.2, 0) is 20.8 Å². The molecule has 5 nitrogen and oxygen atoms in total. The van der Waals surface area contributed by atoms with Gasteiger partial charge in [0.25, 0.3) is 0 Å². The van der Waals surface area contributed by atoms with E-state index in [1.54, 1.807) is 0 Å². The van der Waals surface area contributed by atoms with E-state index in [9.17, 15) is 4.79 Å². The number of fused-ring (bicyclic) bond motifs is 1. The van der Waals surface area contributed by atoms with Gasteiger partial charge in [0.05, 0.1) is 12.6 Å². The molecule has 1 aromatic carbocycles. The number of nitrogens with one attached hydrogen (secondary N) is 1. The molecule has 0 saturated carbocycles. The molecule has 0 bridgehead atoms. The van der Waals surface area contributed by atoms with Crippen LogP contribution in [0.15, 0.2) is 30.3 Å². The Kier molecular flexibility index (Phi) is 5.23. The van der Waals surface area contributed by atoms with Gasteiger partial charge in [0.15, 0.2) is 0 Å². The van der Waals surface area contributed by atoms with Gasteiger partial charge in [0.1, 0.15) is 5.60 Å². The minimum atomic E-state index is -0.444. The fourth-order valence-corrected chi connectivity index (χ4v) is 3.64. The van der Waals surface area contributed by atoms with Crippen molar-refractivity contribution < 1.29 is 14.3 Å². The van der Waals surface area contributed by atoms with E-state index in [1.165, 1.54) is 5.56 Å². The SMILES string of the molecule is CC(C)(C)OC(=O)CN[C@H]1CN(Cc2ccccc2)[C@H]2CCO[C@H]12. The highest BCUT2D eigenvalue weighted by atomic mass is 16.6. The average molecular weight is 332 g/mol. The molecule has 0 amide bonds. The lowest BCUT2D eigenvalue weighted by Gasteiger charge is -2.22. The van der Waals surface area contributed by atoms with E-state index in [0.717, 1.165) is 26.1 Å². The number of benzene rings is 1. The van der Waals surface area contributed by atoms with Crippen LogP contribution in [0.3, 0.4) is 0 Å². The Hall–Kier alpha value is -1.43. The Morgan fingerprint density at radius 1 is 1.33 bits per heavy atom. The normalized spacial score (nSPS) is 27.2. The summed E-state index contributed by atoms with van der Waals surface area (Å²) in [6, 6.07) is 11.1. The Morgan fingerprint density at radius 2 is 2.08 bits per heavy atom. The monoisotopic (exact) mass is 332 g/mol. The van der Waals surface area contributed by atoms with Crippen LogP contribution in [0.2, 0.25) is 0 Å². The zero-order valence-electron chi connectivity index (χ0n) is 14.8. The van der Waals surface area contributed by atoms with Crippen LogP contribution in [-0.4, -0.2) is 54.4 Å². The lowest BCUT2D eigenvalue weighted by atomic mass is 10.1. The minimum Gasteiger partial charge on any atom is -0.459 e. The Balaban J connectivity index is 1.56. The van der Waals surface area contributed by atoms with Gasteiger partial charge in [-0.1, -0.05) is 30.3 Å². The van der Waals surface area contributed by atoms with Gasteiger partial charge in [0, 0.05) is 31.8 Å². The van der Waals surface area contributed by atoms with Crippen LogP contribution < -0.4 is 5.32 Å². The van der Waals surface area contributed by atoms with E-state index in [4.69, 9.17) is 9.47 Å². The first kappa shape index (κ1) is 17.4. The van der Waals surface area contributed by atoms with Gasteiger partial charge in [-0.25, -0.2) is 0 Å². The van der Waals surface area contributed by atoms with Gasteiger partial charge >= 0.3 is 5.97 Å². The van der Waals surface area contributed by atoms with Crippen LogP contribution in [0.25, 0.3) is 0 Å². The maximum Gasteiger partial charge on any atom is 0.320 e. The van der Waals surface area contributed by atoms with Gasteiger partial charge < -0.3 is 14.8 Å². The number of likely N-dealkylation sites (tertiary alicyclic amines) is 1. The summed E-state index contributed by atoms with van der Waals surface area (Å²) in [4.78, 5) is 14.4. The van der Waals surface area contributed by atoms with Crippen LogP contribution in [0.1, 0.15) is 32.8 Å². The quantitative estimate of drug-likeness (QED) is 0.836. The first-order chi connectivity index (χ1) is 11.4. The van der Waals surface area contributed by atoms with Crippen LogP contribution in [0.4, 0.5) is 0 Å². The summed E-state index contributed by atoms with van der Waals surface area (Å²) in [5.41, 5.74) is 0.871. The van der Waals surface area contributed by atoms with Crippen molar-refractivity contribution in [3.63, 3.8) is 0 Å². The molecule has 2 aliphatic rings. The van der Waals surface area contributed by atoms with Crippen LogP contribution in [0, 0.1) is 0 Å². The van der Waals surface area contributed by atoms with Crippen molar-refractivity contribution >= 4 is 5.97 Å². The van der Waals surface area contributed by atoms with Crippen LogP contribution >= 0.6 is 0 Å². The fourth-order valence-electron chi connectivity index (χ4n) is 3.64. The lowest BCUT2D eigenvalue weighted by Crippen LogP contribution is -2.44. The Morgan fingerprint density at radius 3 is 2.79 bits per heavy atom. The van der Waals surface area contributed by atoms with Crippen molar-refractivity contribution in [2.75, 3.05) is 19.7 Å². The molecule has 5 heteroatoms. The predicted octanol–water partition coefficient (Wildman–Crippen LogP) is 1.96. The van der Waals surface area contributed by atoms with E-state index >= 15 is 0 Å². The third-order valence-corrected chi connectivity index (χ3v) is 4.56. The Labute approximate surface area is 144 Å². The number of carbonyl (C=O) groups is 1. The summed E-state index contributed by atoms with van der Waals surface area (Å²) in [7, 11) is 0. The number of nitrogens with zero attached hydrogens (tertiary/aromatic N) is 1. The van der Waals surface area contributed by atoms with E-state index < -0.39 is 5.60 Å². The summed E-state index contributed by atoms with van der Waals surface area (Å²) in [6.45, 7) is 8.51. The van der Waals surface area contributed by atoms with Gasteiger partial charge in [-0.3, -0.25) is 9.69 Å². The zero-order valence-corrected chi connectivity index (χ0v) is 14.8. The maximum atomic E-state index is 11.9. The zero-order chi connectivity index (χ0) is 17.2. The summed E-state index contributed by atoms with van der Waals surface area (Å²) in [5, 5.41) is 3.35. The third kappa shape index (κ3) is 4.35. The highest BCUT2D eigenvalue weighted by molar-refractivity contribution is 5.72. The molecule has 132 valence electrons. The average Bonchev–Trinajstić information content (AvgIpc) is 3.09. The molecule has 2 fully saturated rings. The molecular formula is C19H28N2O3. The molecule has 3 atom stereocenters. The largest absolute Gasteiger partial charge is 0.459 e. The molecule has 1 N–H and O–H groups in total. The second-order valence-electron chi connectivity index (χ2n) is 7.68.